The van der Waals surface area contributed by atoms with E-state index in [1.165, 1.54) is 6.33 Å². The molecule has 1 amide bonds. The number of anilines is 2. The Morgan fingerprint density at radius 2 is 1.67 bits per heavy atom. The van der Waals surface area contributed by atoms with Gasteiger partial charge in [-0.25, -0.2) is 9.97 Å². The molecule has 1 aromatic heterocycles. The molecule has 4 rings (SSSR count). The standard InChI is InChI=1S/C26H24N4O3/c1-32-22-13-10-20(24(14-22)33-2)16-27-26(31)19-8-11-21(12-9-19)30-25-15-23(28-17-29-25)18-6-4-3-5-7-18/h3-15,17H,16H2,1-2H3,(H,27,31)(H,28,29,30). The summed E-state index contributed by atoms with van der Waals surface area (Å²) in [6, 6.07) is 24.5. The third kappa shape index (κ3) is 5.46. The van der Waals surface area contributed by atoms with Crippen molar-refractivity contribution in [3.63, 3.8) is 0 Å². The van der Waals surface area contributed by atoms with Gasteiger partial charge in [-0.3, -0.25) is 4.79 Å². The number of nitrogens with one attached hydrogen (secondary N) is 2. The Bertz CT molecular complexity index is 1230. The smallest absolute Gasteiger partial charge is 0.251 e. The molecule has 3 aromatic carbocycles. The largest absolute Gasteiger partial charge is 0.497 e. The lowest BCUT2D eigenvalue weighted by molar-refractivity contribution is 0.0950. The molecule has 2 N–H and O–H groups in total. The number of amides is 1. The van der Waals surface area contributed by atoms with E-state index in [-0.39, 0.29) is 5.91 Å². The Morgan fingerprint density at radius 1 is 0.879 bits per heavy atom. The van der Waals surface area contributed by atoms with E-state index in [1.54, 1.807) is 32.4 Å². The van der Waals surface area contributed by atoms with Crippen molar-refractivity contribution in [2.45, 2.75) is 6.54 Å². The van der Waals surface area contributed by atoms with E-state index in [2.05, 4.69) is 20.6 Å². The van der Waals surface area contributed by atoms with E-state index >= 15 is 0 Å². The zero-order chi connectivity index (χ0) is 23.0. The highest BCUT2D eigenvalue weighted by Crippen LogP contribution is 2.25. The fourth-order valence-electron chi connectivity index (χ4n) is 3.32. The highest BCUT2D eigenvalue weighted by atomic mass is 16.5. The third-order valence-corrected chi connectivity index (χ3v) is 5.09. The Balaban J connectivity index is 1.39. The molecule has 166 valence electrons. The Labute approximate surface area is 192 Å². The molecule has 33 heavy (non-hydrogen) atoms. The van der Waals surface area contributed by atoms with Gasteiger partial charge in [0.05, 0.1) is 19.9 Å². The number of rotatable bonds is 8. The van der Waals surface area contributed by atoms with Gasteiger partial charge in [0.15, 0.2) is 0 Å². The van der Waals surface area contributed by atoms with Gasteiger partial charge in [0.25, 0.3) is 5.91 Å². The second-order valence-corrected chi connectivity index (χ2v) is 7.22. The molecule has 0 aliphatic heterocycles. The van der Waals surface area contributed by atoms with Crippen molar-refractivity contribution in [1.82, 2.24) is 15.3 Å². The van der Waals surface area contributed by atoms with Crippen LogP contribution in [0.3, 0.4) is 0 Å². The topological polar surface area (TPSA) is 85.4 Å². The van der Waals surface area contributed by atoms with Gasteiger partial charge in [-0.2, -0.15) is 0 Å². The monoisotopic (exact) mass is 440 g/mol. The number of hydrogen-bond acceptors (Lipinski definition) is 6. The predicted molar refractivity (Wildman–Crippen MR) is 128 cm³/mol. The maximum Gasteiger partial charge on any atom is 0.251 e. The summed E-state index contributed by atoms with van der Waals surface area (Å²) in [5.41, 5.74) is 4.09. The molecule has 0 aliphatic rings. The third-order valence-electron chi connectivity index (χ3n) is 5.09. The lowest BCUT2D eigenvalue weighted by Gasteiger charge is -2.12. The van der Waals surface area contributed by atoms with Crippen molar-refractivity contribution in [3.8, 4) is 22.8 Å². The molecular weight excluding hydrogens is 416 g/mol. The molecular formula is C26H24N4O3. The zero-order valence-electron chi connectivity index (χ0n) is 18.4. The number of benzene rings is 3. The highest BCUT2D eigenvalue weighted by Gasteiger charge is 2.09. The number of nitrogens with zero attached hydrogens (tertiary/aromatic N) is 2. The van der Waals surface area contributed by atoms with Gasteiger partial charge in [-0.05, 0) is 36.4 Å². The summed E-state index contributed by atoms with van der Waals surface area (Å²) in [5.74, 6) is 1.86. The van der Waals surface area contributed by atoms with E-state index in [0.29, 0.717) is 29.4 Å². The molecule has 4 aromatic rings. The second-order valence-electron chi connectivity index (χ2n) is 7.22. The van der Waals surface area contributed by atoms with Crippen LogP contribution in [0.25, 0.3) is 11.3 Å². The second kappa shape index (κ2) is 10.3. The summed E-state index contributed by atoms with van der Waals surface area (Å²) < 4.78 is 10.6. The molecule has 0 radical (unpaired) electrons. The minimum atomic E-state index is -0.173. The van der Waals surface area contributed by atoms with Crippen LogP contribution in [0, 0.1) is 0 Å². The Morgan fingerprint density at radius 3 is 2.39 bits per heavy atom. The van der Waals surface area contributed by atoms with E-state index in [0.717, 1.165) is 22.5 Å². The SMILES string of the molecule is COc1ccc(CNC(=O)c2ccc(Nc3cc(-c4ccccc4)ncn3)cc2)c(OC)c1. The van der Waals surface area contributed by atoms with Gasteiger partial charge < -0.3 is 20.1 Å². The van der Waals surface area contributed by atoms with Crippen molar-refractivity contribution in [1.29, 1.82) is 0 Å². The molecule has 0 unspecified atom stereocenters. The van der Waals surface area contributed by atoms with E-state index < -0.39 is 0 Å². The lowest BCUT2D eigenvalue weighted by Crippen LogP contribution is -2.23. The van der Waals surface area contributed by atoms with Crippen LogP contribution in [0.5, 0.6) is 11.5 Å². The minimum Gasteiger partial charge on any atom is -0.497 e. The summed E-state index contributed by atoms with van der Waals surface area (Å²) in [5, 5.41) is 6.17. The number of aromatic nitrogens is 2. The lowest BCUT2D eigenvalue weighted by atomic mass is 10.1. The van der Waals surface area contributed by atoms with Gasteiger partial charge in [-0.1, -0.05) is 30.3 Å². The van der Waals surface area contributed by atoms with E-state index in [9.17, 15) is 4.79 Å². The summed E-state index contributed by atoms with van der Waals surface area (Å²) in [6.07, 6.45) is 1.53. The van der Waals surface area contributed by atoms with Gasteiger partial charge in [0, 0.05) is 41.1 Å². The molecule has 0 fully saturated rings. The Kier molecular flexibility index (Phi) is 6.80. The molecule has 7 nitrogen and oxygen atoms in total. The first kappa shape index (κ1) is 21.8. The van der Waals surface area contributed by atoms with Gasteiger partial charge in [0.1, 0.15) is 23.6 Å². The first-order valence-corrected chi connectivity index (χ1v) is 10.4. The molecule has 0 saturated carbocycles. The average molecular weight is 441 g/mol. The molecule has 1 heterocycles. The van der Waals surface area contributed by atoms with Crippen molar-refractivity contribution < 1.29 is 14.3 Å². The van der Waals surface area contributed by atoms with E-state index in [4.69, 9.17) is 9.47 Å². The van der Waals surface area contributed by atoms with Crippen LogP contribution < -0.4 is 20.1 Å². The highest BCUT2D eigenvalue weighted by molar-refractivity contribution is 5.94. The van der Waals surface area contributed by atoms with Crippen LogP contribution >= 0.6 is 0 Å². The fourth-order valence-corrected chi connectivity index (χ4v) is 3.32. The van der Waals surface area contributed by atoms with Crippen molar-refractivity contribution in [3.05, 3.63) is 96.3 Å². The van der Waals surface area contributed by atoms with Gasteiger partial charge in [0.2, 0.25) is 0 Å². The first-order chi connectivity index (χ1) is 16.2. The molecule has 0 atom stereocenters. The van der Waals surface area contributed by atoms with Crippen molar-refractivity contribution in [2.24, 2.45) is 0 Å². The van der Waals surface area contributed by atoms with Gasteiger partial charge in [-0.15, -0.1) is 0 Å². The molecule has 0 saturated heterocycles. The summed E-state index contributed by atoms with van der Waals surface area (Å²) in [7, 11) is 3.19. The minimum absolute atomic E-state index is 0.173. The molecule has 0 aliphatic carbocycles. The molecule has 0 bridgehead atoms. The maximum atomic E-state index is 12.6. The summed E-state index contributed by atoms with van der Waals surface area (Å²) >= 11 is 0. The average Bonchev–Trinajstić information content (AvgIpc) is 2.88. The zero-order valence-corrected chi connectivity index (χ0v) is 18.4. The molecule has 0 spiro atoms. The number of carbonyl (C=O) groups is 1. The maximum absolute atomic E-state index is 12.6. The number of carbonyl (C=O) groups excluding carboxylic acids is 1. The quantitative estimate of drug-likeness (QED) is 0.408. The van der Waals surface area contributed by atoms with Crippen LogP contribution in [-0.2, 0) is 6.54 Å². The van der Waals surface area contributed by atoms with E-state index in [1.807, 2.05) is 60.7 Å². The predicted octanol–water partition coefficient (Wildman–Crippen LogP) is 4.83. The number of ether oxygens (including phenoxy) is 2. The normalized spacial score (nSPS) is 10.4. The first-order valence-electron chi connectivity index (χ1n) is 10.4. The van der Waals surface area contributed by atoms with Crippen molar-refractivity contribution >= 4 is 17.4 Å². The van der Waals surface area contributed by atoms with Gasteiger partial charge >= 0.3 is 0 Å². The van der Waals surface area contributed by atoms with Crippen molar-refractivity contribution in [2.75, 3.05) is 19.5 Å². The van der Waals surface area contributed by atoms with Crippen LogP contribution in [-0.4, -0.2) is 30.1 Å². The van der Waals surface area contributed by atoms with Crippen LogP contribution in [0.2, 0.25) is 0 Å². The van der Waals surface area contributed by atoms with Crippen LogP contribution in [0.1, 0.15) is 15.9 Å². The number of methoxy groups -OCH3 is 2. The fraction of sp³-hybridized carbons (Fsp3) is 0.115. The Hall–Kier alpha value is -4.39. The summed E-state index contributed by atoms with van der Waals surface area (Å²) in [4.78, 5) is 21.2. The van der Waals surface area contributed by atoms with Crippen LogP contribution in [0.15, 0.2) is 85.2 Å². The summed E-state index contributed by atoms with van der Waals surface area (Å²) in [6.45, 7) is 0.342. The van der Waals surface area contributed by atoms with Crippen LogP contribution in [0.4, 0.5) is 11.5 Å². The number of hydrogen-bond donors (Lipinski definition) is 2. The molecule has 7 heteroatoms.